The summed E-state index contributed by atoms with van der Waals surface area (Å²) in [5, 5.41) is 3.81. The van der Waals surface area contributed by atoms with Crippen LogP contribution in [0.15, 0.2) is 36.5 Å². The molecule has 0 radical (unpaired) electrons. The van der Waals surface area contributed by atoms with E-state index < -0.39 is 0 Å². The van der Waals surface area contributed by atoms with Crippen LogP contribution in [0, 0.1) is 0 Å². The van der Waals surface area contributed by atoms with Gasteiger partial charge in [0.05, 0.1) is 5.52 Å². The number of nitrogens with zero attached hydrogens (tertiary/aromatic N) is 1. The Morgan fingerprint density at radius 2 is 2.04 bits per heavy atom. The minimum absolute atomic E-state index is 0.0172. The number of aromatic nitrogens is 1. The van der Waals surface area contributed by atoms with Gasteiger partial charge in [0.15, 0.2) is 0 Å². The molecule has 0 bridgehead atoms. The number of hydrogen-bond acceptors (Lipinski definition) is 4. The van der Waals surface area contributed by atoms with E-state index in [1.54, 1.807) is 6.20 Å². The fourth-order valence-electron chi connectivity index (χ4n) is 2.38. The van der Waals surface area contributed by atoms with Gasteiger partial charge in [-0.05, 0) is 31.9 Å². The van der Waals surface area contributed by atoms with Gasteiger partial charge in [0.2, 0.25) is 5.91 Å². The zero-order valence-corrected chi connectivity index (χ0v) is 14.2. The third kappa shape index (κ3) is 5.33. The van der Waals surface area contributed by atoms with Crippen molar-refractivity contribution in [1.29, 1.82) is 0 Å². The Hall–Kier alpha value is -2.43. The van der Waals surface area contributed by atoms with E-state index in [9.17, 15) is 9.59 Å². The van der Waals surface area contributed by atoms with Gasteiger partial charge in [-0.3, -0.25) is 14.6 Å². The minimum Gasteiger partial charge on any atom is -0.458 e. The summed E-state index contributed by atoms with van der Waals surface area (Å²) in [5.41, 5.74) is 1.78. The lowest BCUT2D eigenvalue weighted by molar-refractivity contribution is -0.148. The smallest absolute Gasteiger partial charge is 0.306 e. The second-order valence-corrected chi connectivity index (χ2v) is 5.80. The van der Waals surface area contributed by atoms with E-state index in [4.69, 9.17) is 4.74 Å². The third-order valence-electron chi connectivity index (χ3n) is 3.75. The highest BCUT2D eigenvalue weighted by atomic mass is 16.5. The summed E-state index contributed by atoms with van der Waals surface area (Å²) in [4.78, 5) is 27.8. The summed E-state index contributed by atoms with van der Waals surface area (Å²) in [6, 6.07) is 9.80. The van der Waals surface area contributed by atoms with E-state index in [1.807, 2.05) is 44.2 Å². The number of carbonyl (C=O) groups is 2. The van der Waals surface area contributed by atoms with E-state index in [0.29, 0.717) is 19.4 Å². The first kappa shape index (κ1) is 17.9. The Balaban J connectivity index is 1.81. The average Bonchev–Trinajstić information content (AvgIpc) is 2.59. The molecule has 0 spiro atoms. The SMILES string of the molecule is CCCNC(=O)CCCC(=O)OC(C)c1cnc2ccccc2c1. The number of carbonyl (C=O) groups excluding carboxylic acids is 2. The zero-order valence-electron chi connectivity index (χ0n) is 14.2. The molecular formula is C19H24N2O3. The van der Waals surface area contributed by atoms with E-state index in [1.165, 1.54) is 0 Å². The van der Waals surface area contributed by atoms with Crippen LogP contribution in [0.25, 0.3) is 10.9 Å². The number of ether oxygens (including phenoxy) is 1. The quantitative estimate of drug-likeness (QED) is 0.753. The van der Waals surface area contributed by atoms with Gasteiger partial charge in [0.1, 0.15) is 6.10 Å². The molecule has 0 aliphatic rings. The molecule has 1 aromatic heterocycles. The van der Waals surface area contributed by atoms with E-state index in [0.717, 1.165) is 22.9 Å². The van der Waals surface area contributed by atoms with Crippen molar-refractivity contribution in [2.45, 2.75) is 45.6 Å². The predicted octanol–water partition coefficient (Wildman–Crippen LogP) is 3.54. The molecule has 0 aliphatic heterocycles. The molecule has 5 nitrogen and oxygen atoms in total. The predicted molar refractivity (Wildman–Crippen MR) is 93.4 cm³/mol. The fourth-order valence-corrected chi connectivity index (χ4v) is 2.38. The van der Waals surface area contributed by atoms with Crippen molar-refractivity contribution in [2.75, 3.05) is 6.54 Å². The van der Waals surface area contributed by atoms with Gasteiger partial charge in [-0.25, -0.2) is 0 Å². The molecule has 1 amide bonds. The molecular weight excluding hydrogens is 304 g/mol. The highest BCUT2D eigenvalue weighted by Crippen LogP contribution is 2.21. The van der Waals surface area contributed by atoms with Crippen molar-refractivity contribution in [3.05, 3.63) is 42.1 Å². The van der Waals surface area contributed by atoms with E-state index in [-0.39, 0.29) is 24.4 Å². The van der Waals surface area contributed by atoms with Crippen LogP contribution in [0.2, 0.25) is 0 Å². The summed E-state index contributed by atoms with van der Waals surface area (Å²) >= 11 is 0. The van der Waals surface area contributed by atoms with Gasteiger partial charge < -0.3 is 10.1 Å². The van der Waals surface area contributed by atoms with Crippen LogP contribution in [-0.2, 0) is 14.3 Å². The first-order chi connectivity index (χ1) is 11.6. The molecule has 1 aromatic carbocycles. The van der Waals surface area contributed by atoms with Gasteiger partial charge >= 0.3 is 5.97 Å². The Morgan fingerprint density at radius 3 is 2.83 bits per heavy atom. The van der Waals surface area contributed by atoms with Crippen LogP contribution in [0.1, 0.15) is 51.2 Å². The summed E-state index contributed by atoms with van der Waals surface area (Å²) < 4.78 is 5.44. The van der Waals surface area contributed by atoms with Crippen LogP contribution < -0.4 is 5.32 Å². The van der Waals surface area contributed by atoms with Crippen molar-refractivity contribution in [3.8, 4) is 0 Å². The minimum atomic E-state index is -0.358. The van der Waals surface area contributed by atoms with Gasteiger partial charge in [-0.1, -0.05) is 25.1 Å². The molecule has 1 N–H and O–H groups in total. The zero-order chi connectivity index (χ0) is 17.4. The van der Waals surface area contributed by atoms with Crippen molar-refractivity contribution < 1.29 is 14.3 Å². The highest BCUT2D eigenvalue weighted by Gasteiger charge is 2.13. The fraction of sp³-hybridized carbons (Fsp3) is 0.421. The largest absolute Gasteiger partial charge is 0.458 e. The highest BCUT2D eigenvalue weighted by molar-refractivity contribution is 5.79. The Morgan fingerprint density at radius 1 is 1.25 bits per heavy atom. The van der Waals surface area contributed by atoms with Crippen molar-refractivity contribution in [1.82, 2.24) is 10.3 Å². The number of amides is 1. The van der Waals surface area contributed by atoms with Crippen molar-refractivity contribution in [2.24, 2.45) is 0 Å². The van der Waals surface area contributed by atoms with Crippen molar-refractivity contribution >= 4 is 22.8 Å². The number of hydrogen-bond donors (Lipinski definition) is 1. The van der Waals surface area contributed by atoms with E-state index >= 15 is 0 Å². The second-order valence-electron chi connectivity index (χ2n) is 5.80. The molecule has 24 heavy (non-hydrogen) atoms. The van der Waals surface area contributed by atoms with Gasteiger partial charge in [0, 0.05) is 36.5 Å². The van der Waals surface area contributed by atoms with Crippen LogP contribution >= 0.6 is 0 Å². The van der Waals surface area contributed by atoms with Crippen LogP contribution in [0.4, 0.5) is 0 Å². The van der Waals surface area contributed by atoms with Gasteiger partial charge in [-0.15, -0.1) is 0 Å². The second kappa shape index (κ2) is 9.01. The van der Waals surface area contributed by atoms with Crippen LogP contribution in [0.3, 0.4) is 0 Å². The Kier molecular flexibility index (Phi) is 6.73. The normalized spacial score (nSPS) is 11.9. The Labute approximate surface area is 142 Å². The van der Waals surface area contributed by atoms with E-state index in [2.05, 4.69) is 10.3 Å². The summed E-state index contributed by atoms with van der Waals surface area (Å²) in [6.07, 6.45) is 3.37. The molecule has 1 atom stereocenters. The standard InChI is InChI=1S/C19H24N2O3/c1-3-11-20-18(22)9-6-10-19(23)24-14(2)16-12-15-7-4-5-8-17(15)21-13-16/h4-5,7-8,12-14H,3,6,9-11H2,1-2H3,(H,20,22). The summed E-state index contributed by atoms with van der Waals surface area (Å²) in [7, 11) is 0. The summed E-state index contributed by atoms with van der Waals surface area (Å²) in [5.74, 6) is -0.310. The van der Waals surface area contributed by atoms with Crippen molar-refractivity contribution in [3.63, 3.8) is 0 Å². The lowest BCUT2D eigenvalue weighted by Crippen LogP contribution is -2.23. The summed E-state index contributed by atoms with van der Waals surface area (Å²) in [6.45, 7) is 4.51. The van der Waals surface area contributed by atoms with Crippen LogP contribution in [0.5, 0.6) is 0 Å². The monoisotopic (exact) mass is 328 g/mol. The maximum Gasteiger partial charge on any atom is 0.306 e. The number of pyridine rings is 1. The maximum atomic E-state index is 11.9. The molecule has 5 heteroatoms. The molecule has 0 aliphatic carbocycles. The lowest BCUT2D eigenvalue weighted by atomic mass is 10.1. The average molecular weight is 328 g/mol. The number of para-hydroxylation sites is 1. The topological polar surface area (TPSA) is 68.3 Å². The molecule has 1 unspecified atom stereocenters. The number of nitrogens with one attached hydrogen (secondary N) is 1. The molecule has 2 rings (SSSR count). The number of benzene rings is 1. The number of rotatable bonds is 8. The Bertz CT molecular complexity index is 700. The molecule has 1 heterocycles. The lowest BCUT2D eigenvalue weighted by Gasteiger charge is -2.14. The molecule has 0 saturated heterocycles. The van der Waals surface area contributed by atoms with Crippen LogP contribution in [-0.4, -0.2) is 23.4 Å². The third-order valence-corrected chi connectivity index (χ3v) is 3.75. The number of esters is 1. The number of fused-ring (bicyclic) bond motifs is 1. The molecule has 0 fully saturated rings. The first-order valence-corrected chi connectivity index (χ1v) is 8.41. The van der Waals surface area contributed by atoms with Gasteiger partial charge in [-0.2, -0.15) is 0 Å². The molecule has 128 valence electrons. The molecule has 2 aromatic rings. The maximum absolute atomic E-state index is 11.9. The molecule has 0 saturated carbocycles. The first-order valence-electron chi connectivity index (χ1n) is 8.41. The van der Waals surface area contributed by atoms with Gasteiger partial charge in [0.25, 0.3) is 0 Å².